The van der Waals surface area contributed by atoms with Gasteiger partial charge in [-0.1, -0.05) is 40.5 Å². The molecule has 0 aliphatic heterocycles. The van der Waals surface area contributed by atoms with Crippen LogP contribution >= 0.6 is 0 Å². The van der Waals surface area contributed by atoms with E-state index in [1.807, 2.05) is 0 Å². The summed E-state index contributed by atoms with van der Waals surface area (Å²) in [6.07, 6.45) is 4.86. The van der Waals surface area contributed by atoms with Crippen LogP contribution in [0.2, 0.25) is 0 Å². The molecule has 2 heteroatoms. The molecule has 0 rings (SSSR count). The second-order valence-electron chi connectivity index (χ2n) is 5.90. The fraction of sp³-hybridized carbons (Fsp3) is 1.00. The number of aliphatic hydroxyl groups excluding tert-OH is 1. The van der Waals surface area contributed by atoms with Gasteiger partial charge in [0.15, 0.2) is 0 Å². The Hall–Kier alpha value is -0.0800. The largest absolute Gasteiger partial charge is 0.395 e. The Morgan fingerprint density at radius 2 is 1.56 bits per heavy atom. The summed E-state index contributed by atoms with van der Waals surface area (Å²) in [4.78, 5) is 0. The van der Waals surface area contributed by atoms with Crippen LogP contribution in [0.15, 0.2) is 0 Å². The van der Waals surface area contributed by atoms with Crippen LogP contribution in [0.25, 0.3) is 0 Å². The third-order valence-electron chi connectivity index (χ3n) is 2.92. The van der Waals surface area contributed by atoms with Gasteiger partial charge < -0.3 is 10.4 Å². The maximum atomic E-state index is 9.27. The first-order chi connectivity index (χ1) is 7.45. The van der Waals surface area contributed by atoms with Gasteiger partial charge in [0.05, 0.1) is 6.61 Å². The lowest BCUT2D eigenvalue weighted by molar-refractivity contribution is 0.212. The van der Waals surface area contributed by atoms with E-state index in [9.17, 15) is 5.11 Å². The maximum absolute atomic E-state index is 9.27. The topological polar surface area (TPSA) is 32.3 Å². The van der Waals surface area contributed by atoms with Crippen LogP contribution in [0, 0.1) is 11.8 Å². The van der Waals surface area contributed by atoms with E-state index in [-0.39, 0.29) is 12.6 Å². The Kier molecular flexibility index (Phi) is 8.96. The quantitative estimate of drug-likeness (QED) is 0.636. The van der Waals surface area contributed by atoms with Gasteiger partial charge in [-0.25, -0.2) is 0 Å². The van der Waals surface area contributed by atoms with Crippen LogP contribution < -0.4 is 5.32 Å². The molecule has 2 nitrogen and oxygen atoms in total. The summed E-state index contributed by atoms with van der Waals surface area (Å²) in [6.45, 7) is 11.4. The van der Waals surface area contributed by atoms with Gasteiger partial charge in [-0.15, -0.1) is 0 Å². The standard InChI is InChI=1S/C14H31NO/c1-11(2)7-6-8-13(5)15-14(10-16)9-12(3)4/h11-16H,6-10H2,1-5H3. The van der Waals surface area contributed by atoms with Crippen molar-refractivity contribution >= 4 is 0 Å². The smallest absolute Gasteiger partial charge is 0.0584 e. The van der Waals surface area contributed by atoms with Crippen molar-refractivity contribution in [2.45, 2.75) is 72.4 Å². The second-order valence-corrected chi connectivity index (χ2v) is 5.90. The van der Waals surface area contributed by atoms with Crippen molar-refractivity contribution in [3.63, 3.8) is 0 Å². The van der Waals surface area contributed by atoms with E-state index in [4.69, 9.17) is 0 Å². The Labute approximate surface area is 102 Å². The third kappa shape index (κ3) is 9.17. The molecule has 0 heterocycles. The highest BCUT2D eigenvalue weighted by Crippen LogP contribution is 2.10. The summed E-state index contributed by atoms with van der Waals surface area (Å²) in [5.74, 6) is 1.45. The van der Waals surface area contributed by atoms with Gasteiger partial charge in [-0.3, -0.25) is 0 Å². The van der Waals surface area contributed by atoms with Crippen LogP contribution in [0.4, 0.5) is 0 Å². The van der Waals surface area contributed by atoms with Gasteiger partial charge in [-0.2, -0.15) is 0 Å². The highest BCUT2D eigenvalue weighted by atomic mass is 16.3. The van der Waals surface area contributed by atoms with Gasteiger partial charge in [0.1, 0.15) is 0 Å². The predicted molar refractivity (Wildman–Crippen MR) is 71.6 cm³/mol. The molecule has 0 saturated heterocycles. The Bertz CT molecular complexity index is 157. The maximum Gasteiger partial charge on any atom is 0.0584 e. The zero-order chi connectivity index (χ0) is 12.6. The first-order valence-corrected chi connectivity index (χ1v) is 6.82. The van der Waals surface area contributed by atoms with Gasteiger partial charge in [-0.05, 0) is 31.6 Å². The van der Waals surface area contributed by atoms with Crippen molar-refractivity contribution in [2.24, 2.45) is 11.8 Å². The lowest BCUT2D eigenvalue weighted by atomic mass is 10.0. The molecular weight excluding hydrogens is 198 g/mol. The molecule has 0 aromatic carbocycles. The van der Waals surface area contributed by atoms with Crippen molar-refractivity contribution in [1.82, 2.24) is 5.32 Å². The average Bonchev–Trinajstić information content (AvgIpc) is 2.15. The van der Waals surface area contributed by atoms with Crippen molar-refractivity contribution in [3.05, 3.63) is 0 Å². The van der Waals surface area contributed by atoms with E-state index in [0.29, 0.717) is 12.0 Å². The summed E-state index contributed by atoms with van der Waals surface area (Å²) in [7, 11) is 0. The molecule has 0 bridgehead atoms. The lowest BCUT2D eigenvalue weighted by Gasteiger charge is -2.23. The molecule has 2 unspecified atom stereocenters. The van der Waals surface area contributed by atoms with E-state index in [0.717, 1.165) is 12.3 Å². The van der Waals surface area contributed by atoms with E-state index in [1.165, 1.54) is 19.3 Å². The lowest BCUT2D eigenvalue weighted by Crippen LogP contribution is -2.39. The van der Waals surface area contributed by atoms with E-state index in [2.05, 4.69) is 39.9 Å². The first-order valence-electron chi connectivity index (χ1n) is 6.82. The number of nitrogens with one attached hydrogen (secondary N) is 1. The Balaban J connectivity index is 3.69. The summed E-state index contributed by atoms with van der Waals surface area (Å²) in [5, 5.41) is 12.8. The molecule has 0 fully saturated rings. The highest BCUT2D eigenvalue weighted by molar-refractivity contribution is 4.72. The Morgan fingerprint density at radius 1 is 0.938 bits per heavy atom. The monoisotopic (exact) mass is 229 g/mol. The number of hydrogen-bond donors (Lipinski definition) is 2. The van der Waals surface area contributed by atoms with Crippen LogP contribution in [0.5, 0.6) is 0 Å². The van der Waals surface area contributed by atoms with Crippen molar-refractivity contribution in [2.75, 3.05) is 6.61 Å². The summed E-state index contributed by atoms with van der Waals surface area (Å²) in [5.41, 5.74) is 0. The van der Waals surface area contributed by atoms with Gasteiger partial charge in [0.25, 0.3) is 0 Å². The number of hydrogen-bond acceptors (Lipinski definition) is 2. The van der Waals surface area contributed by atoms with E-state index in [1.54, 1.807) is 0 Å². The zero-order valence-electron chi connectivity index (χ0n) is 11.8. The normalized spacial score (nSPS) is 15.8. The molecule has 2 N–H and O–H groups in total. The van der Waals surface area contributed by atoms with Crippen molar-refractivity contribution < 1.29 is 5.11 Å². The molecule has 98 valence electrons. The molecule has 0 spiro atoms. The van der Waals surface area contributed by atoms with Gasteiger partial charge >= 0.3 is 0 Å². The van der Waals surface area contributed by atoms with Crippen LogP contribution in [0.3, 0.4) is 0 Å². The van der Waals surface area contributed by atoms with Crippen LogP contribution in [-0.2, 0) is 0 Å². The van der Waals surface area contributed by atoms with Crippen molar-refractivity contribution in [3.8, 4) is 0 Å². The fourth-order valence-electron chi connectivity index (χ4n) is 2.08. The highest BCUT2D eigenvalue weighted by Gasteiger charge is 2.12. The molecule has 16 heavy (non-hydrogen) atoms. The fourth-order valence-corrected chi connectivity index (χ4v) is 2.08. The molecule has 0 aliphatic rings. The minimum atomic E-state index is 0.257. The van der Waals surface area contributed by atoms with Crippen LogP contribution in [0.1, 0.15) is 60.3 Å². The number of rotatable bonds is 9. The molecule has 0 aromatic heterocycles. The summed E-state index contributed by atoms with van der Waals surface area (Å²) < 4.78 is 0. The molecule has 0 saturated carbocycles. The van der Waals surface area contributed by atoms with E-state index >= 15 is 0 Å². The molecule has 2 atom stereocenters. The predicted octanol–water partition coefficient (Wildman–Crippen LogP) is 3.20. The molecular formula is C14H31NO. The second kappa shape index (κ2) is 9.00. The SMILES string of the molecule is CC(C)CCCC(C)NC(CO)CC(C)C. The minimum Gasteiger partial charge on any atom is -0.395 e. The molecule has 0 aliphatic carbocycles. The zero-order valence-corrected chi connectivity index (χ0v) is 11.8. The Morgan fingerprint density at radius 3 is 2.00 bits per heavy atom. The minimum absolute atomic E-state index is 0.257. The van der Waals surface area contributed by atoms with Crippen LogP contribution in [-0.4, -0.2) is 23.8 Å². The summed E-state index contributed by atoms with van der Waals surface area (Å²) in [6, 6.07) is 0.795. The van der Waals surface area contributed by atoms with Gasteiger partial charge in [0, 0.05) is 12.1 Å². The molecule has 0 radical (unpaired) electrons. The first kappa shape index (κ1) is 15.9. The van der Waals surface area contributed by atoms with Gasteiger partial charge in [0.2, 0.25) is 0 Å². The van der Waals surface area contributed by atoms with Crippen molar-refractivity contribution in [1.29, 1.82) is 0 Å². The summed E-state index contributed by atoms with van der Waals surface area (Å²) >= 11 is 0. The molecule has 0 aromatic rings. The average molecular weight is 229 g/mol. The third-order valence-corrected chi connectivity index (χ3v) is 2.92. The van der Waals surface area contributed by atoms with E-state index < -0.39 is 0 Å². The number of aliphatic hydroxyl groups is 1. The molecule has 0 amide bonds.